The molecule has 1 aliphatic heterocycles. The molecule has 1 aromatic rings. The molecule has 1 fully saturated rings. The summed E-state index contributed by atoms with van der Waals surface area (Å²) < 4.78 is 15.3. The van der Waals surface area contributed by atoms with Gasteiger partial charge in [-0.05, 0) is 12.5 Å². The molecule has 0 spiro atoms. The first-order chi connectivity index (χ1) is 6.47. The van der Waals surface area contributed by atoms with Crippen LogP contribution in [-0.2, 0) is 17.3 Å². The lowest BCUT2D eigenvalue weighted by molar-refractivity contribution is 0.111. The molecule has 90 valence electrons. The first-order valence-electron chi connectivity index (χ1n) is 3.98. The van der Waals surface area contributed by atoms with Crippen LogP contribution >= 0.6 is 0 Å². The second kappa shape index (κ2) is 9.53. The van der Waals surface area contributed by atoms with Crippen molar-refractivity contribution in [2.24, 2.45) is 0 Å². The van der Waals surface area contributed by atoms with E-state index < -0.39 is 0 Å². The standard InChI is InChI=1S/C7H11N3O.2FH.H2OS/c1-2-10(7-8-1)9-3-5-11-6-4-9;;;1-2/h1-2,7H,3-6H2;2*1H;2H2. The van der Waals surface area contributed by atoms with Gasteiger partial charge in [0.15, 0.2) is 0 Å². The quantitative estimate of drug-likeness (QED) is 0.653. The lowest BCUT2D eigenvalue weighted by Crippen LogP contribution is -2.43. The summed E-state index contributed by atoms with van der Waals surface area (Å²) in [5.41, 5.74) is 0. The van der Waals surface area contributed by atoms with Crippen molar-refractivity contribution in [2.45, 2.75) is 0 Å². The first kappa shape index (κ1) is 16.4. The van der Waals surface area contributed by atoms with Crippen LogP contribution in [0.5, 0.6) is 0 Å². The second-order valence-electron chi connectivity index (χ2n) is 2.51. The van der Waals surface area contributed by atoms with Crippen LogP contribution in [0.4, 0.5) is 9.41 Å². The fourth-order valence-corrected chi connectivity index (χ4v) is 1.20. The molecule has 8 heteroatoms. The van der Waals surface area contributed by atoms with E-state index in [0.717, 1.165) is 26.3 Å². The number of rotatable bonds is 1. The predicted octanol–water partition coefficient (Wildman–Crippen LogP) is -0.715. The van der Waals surface area contributed by atoms with Gasteiger partial charge in [0.2, 0.25) is 0 Å². The molecule has 1 aliphatic rings. The number of ether oxygens (including phenoxy) is 1. The molecular weight excluding hydrogens is 228 g/mol. The Bertz CT molecular complexity index is 232. The zero-order valence-corrected chi connectivity index (χ0v) is 9.04. The van der Waals surface area contributed by atoms with Crippen LogP contribution in [0.2, 0.25) is 0 Å². The number of imidazole rings is 1. The number of hydrogen-bond donors (Lipinski definition) is 0. The van der Waals surface area contributed by atoms with Gasteiger partial charge in [0.25, 0.3) is 0 Å². The highest BCUT2D eigenvalue weighted by molar-refractivity contribution is 7.44. The molecule has 2 rings (SSSR count). The molecule has 0 amide bonds. The molecule has 5 nitrogen and oxygen atoms in total. The first-order valence-corrected chi connectivity index (χ1v) is 4.39. The molecule has 0 radical (unpaired) electrons. The van der Waals surface area contributed by atoms with Crippen molar-refractivity contribution >= 4 is 12.5 Å². The summed E-state index contributed by atoms with van der Waals surface area (Å²) in [6, 6.07) is 0. The summed E-state index contributed by atoms with van der Waals surface area (Å²) in [7, 11) is 0. The number of aromatic nitrogens is 2. The highest BCUT2D eigenvalue weighted by atomic mass is 32.1. The Morgan fingerprint density at radius 1 is 1.20 bits per heavy atom. The van der Waals surface area contributed by atoms with E-state index in [1.54, 1.807) is 18.7 Å². The van der Waals surface area contributed by atoms with E-state index in [-0.39, 0.29) is 9.41 Å². The van der Waals surface area contributed by atoms with Crippen LogP contribution in [0, 0.1) is 0 Å². The monoisotopic (exact) mass is 243 g/mol. The Kier molecular flexibility index (Phi) is 10.4. The molecule has 0 aromatic carbocycles. The Morgan fingerprint density at radius 3 is 2.27 bits per heavy atom. The molecule has 0 atom stereocenters. The lowest BCUT2D eigenvalue weighted by atomic mass is 10.5. The second-order valence-corrected chi connectivity index (χ2v) is 2.51. The van der Waals surface area contributed by atoms with E-state index in [2.05, 4.69) is 9.99 Å². The average Bonchev–Trinajstić information content (AvgIpc) is 2.75. The zero-order valence-electron chi connectivity index (χ0n) is 8.04. The van der Waals surface area contributed by atoms with E-state index in [0.29, 0.717) is 0 Å². The van der Waals surface area contributed by atoms with Gasteiger partial charge in [0.05, 0.1) is 26.3 Å². The van der Waals surface area contributed by atoms with Crippen LogP contribution in [0.1, 0.15) is 0 Å². The van der Waals surface area contributed by atoms with Gasteiger partial charge in [-0.2, -0.15) is 0 Å². The third-order valence-corrected chi connectivity index (χ3v) is 1.80. The number of halogens is 2. The summed E-state index contributed by atoms with van der Waals surface area (Å²) in [6.45, 7) is 3.54. The third kappa shape index (κ3) is 4.84. The highest BCUT2D eigenvalue weighted by Gasteiger charge is 2.08. The minimum atomic E-state index is 0. The highest BCUT2D eigenvalue weighted by Crippen LogP contribution is 1.95. The van der Waals surface area contributed by atoms with E-state index in [4.69, 9.17) is 8.95 Å². The SMILES string of the molecule is F.F.O=[SH2].c1cn(N2CCOCC2)cn1. The maximum absolute atomic E-state index is 8.06. The molecular formula is C7H15F2N3O2S. The van der Waals surface area contributed by atoms with E-state index in [1.165, 1.54) is 0 Å². The van der Waals surface area contributed by atoms with Crippen molar-refractivity contribution in [1.29, 1.82) is 0 Å². The maximum Gasteiger partial charge on any atom is 0.114 e. The van der Waals surface area contributed by atoms with Gasteiger partial charge in [-0.1, -0.05) is 0 Å². The Balaban J connectivity index is 0. The molecule has 15 heavy (non-hydrogen) atoms. The molecule has 0 N–H and O–H groups in total. The Hall–Kier alpha value is -1.02. The fourth-order valence-electron chi connectivity index (χ4n) is 1.20. The van der Waals surface area contributed by atoms with E-state index in [1.807, 2.05) is 17.2 Å². The topological polar surface area (TPSA) is 47.4 Å². The third-order valence-electron chi connectivity index (χ3n) is 1.80. The molecule has 0 saturated carbocycles. The minimum Gasteiger partial charge on any atom is -0.378 e. The van der Waals surface area contributed by atoms with Gasteiger partial charge in [-0.25, -0.2) is 4.98 Å². The summed E-state index contributed by atoms with van der Waals surface area (Å²) in [5.74, 6) is 0. The van der Waals surface area contributed by atoms with Crippen molar-refractivity contribution in [1.82, 2.24) is 9.66 Å². The summed E-state index contributed by atoms with van der Waals surface area (Å²) in [4.78, 5) is 3.98. The minimum absolute atomic E-state index is 0. The van der Waals surface area contributed by atoms with Gasteiger partial charge in [-0.15, -0.1) is 0 Å². The van der Waals surface area contributed by atoms with Gasteiger partial charge < -0.3 is 9.75 Å². The van der Waals surface area contributed by atoms with Crippen molar-refractivity contribution in [3.8, 4) is 0 Å². The largest absolute Gasteiger partial charge is 0.378 e. The number of morpholine rings is 1. The maximum atomic E-state index is 8.06. The Labute approximate surface area is 91.3 Å². The average molecular weight is 243 g/mol. The Morgan fingerprint density at radius 2 is 1.80 bits per heavy atom. The molecule has 0 unspecified atom stereocenters. The van der Waals surface area contributed by atoms with Crippen LogP contribution in [-0.4, -0.2) is 40.2 Å². The fraction of sp³-hybridized carbons (Fsp3) is 0.571. The summed E-state index contributed by atoms with van der Waals surface area (Å²) in [5, 5.41) is 2.20. The molecule has 0 aliphatic carbocycles. The molecule has 0 bridgehead atoms. The number of nitrogens with zero attached hydrogens (tertiary/aromatic N) is 3. The van der Waals surface area contributed by atoms with Gasteiger partial charge >= 0.3 is 0 Å². The van der Waals surface area contributed by atoms with Gasteiger partial charge in [0, 0.05) is 12.4 Å². The molecule has 1 aromatic heterocycles. The smallest absolute Gasteiger partial charge is 0.114 e. The van der Waals surface area contributed by atoms with E-state index >= 15 is 0 Å². The van der Waals surface area contributed by atoms with Crippen molar-refractivity contribution in [3.05, 3.63) is 18.7 Å². The molecule has 2 heterocycles. The number of hydrogen-bond acceptors (Lipinski definition) is 4. The van der Waals surface area contributed by atoms with Crippen LogP contribution in [0.15, 0.2) is 18.7 Å². The predicted molar refractivity (Wildman–Crippen MR) is 56.9 cm³/mol. The molecule has 1 saturated heterocycles. The zero-order chi connectivity index (χ0) is 9.52. The van der Waals surface area contributed by atoms with Crippen LogP contribution in [0.25, 0.3) is 0 Å². The van der Waals surface area contributed by atoms with Gasteiger partial charge in [-0.3, -0.25) is 18.3 Å². The van der Waals surface area contributed by atoms with Crippen molar-refractivity contribution in [2.75, 3.05) is 31.3 Å². The van der Waals surface area contributed by atoms with Crippen molar-refractivity contribution in [3.63, 3.8) is 0 Å². The summed E-state index contributed by atoms with van der Waals surface area (Å²) in [6.07, 6.45) is 5.55. The lowest BCUT2D eigenvalue weighted by Gasteiger charge is -2.28. The van der Waals surface area contributed by atoms with E-state index in [9.17, 15) is 0 Å². The normalized spacial score (nSPS) is 14.1. The van der Waals surface area contributed by atoms with Crippen molar-refractivity contribution < 1.29 is 18.4 Å². The summed E-state index contributed by atoms with van der Waals surface area (Å²) >= 11 is 1.72. The van der Waals surface area contributed by atoms with Crippen LogP contribution < -0.4 is 5.01 Å². The van der Waals surface area contributed by atoms with Crippen LogP contribution in [0.3, 0.4) is 0 Å². The van der Waals surface area contributed by atoms with Gasteiger partial charge in [0.1, 0.15) is 6.33 Å².